The molecule has 0 heterocycles. The molecule has 0 aliphatic heterocycles. The zero-order valence-corrected chi connectivity index (χ0v) is 35.1. The van der Waals surface area contributed by atoms with Crippen molar-refractivity contribution in [3.05, 3.63) is 140 Å². The fourth-order valence-electron chi connectivity index (χ4n) is 8.86. The van der Waals surface area contributed by atoms with Crippen molar-refractivity contribution in [1.29, 1.82) is 0 Å². The number of hydrogen-bond donors (Lipinski definition) is 12. The zero-order chi connectivity index (χ0) is 45.9. The molecule has 4 aliphatic carbocycles. The zero-order valence-electron chi connectivity index (χ0n) is 35.1. The number of amides is 6. The Morgan fingerprint density at radius 3 is 1.22 bits per heavy atom. The van der Waals surface area contributed by atoms with E-state index >= 15 is 0 Å². The molecule has 4 fully saturated rings. The van der Waals surface area contributed by atoms with Gasteiger partial charge in [-0.1, -0.05) is 36.4 Å². The Morgan fingerprint density at radius 2 is 0.800 bits per heavy atom. The second-order valence-electron chi connectivity index (χ2n) is 16.3. The molecule has 16 nitrogen and oxygen atoms in total. The van der Waals surface area contributed by atoms with Gasteiger partial charge in [0.2, 0.25) is 0 Å². The highest BCUT2D eigenvalue weighted by Gasteiger charge is 2.51. The molecule has 6 aromatic carbocycles. The molecule has 0 radical (unpaired) electrons. The number of carbonyl (C=O) groups is 3. The number of ether oxygens (including phenoxy) is 1. The minimum absolute atomic E-state index is 0.0236. The van der Waals surface area contributed by atoms with Gasteiger partial charge in [0, 0.05) is 35.1 Å². The van der Waals surface area contributed by atoms with Crippen LogP contribution in [0, 0.1) is 17.8 Å². The molecule has 10 rings (SSSR count). The Labute approximate surface area is 374 Å². The van der Waals surface area contributed by atoms with Gasteiger partial charge in [-0.05, 0) is 141 Å². The lowest BCUT2D eigenvalue weighted by Gasteiger charge is -2.56. The molecule has 0 spiro atoms. The van der Waals surface area contributed by atoms with Crippen molar-refractivity contribution in [1.82, 2.24) is 5.32 Å². The van der Waals surface area contributed by atoms with Crippen molar-refractivity contribution in [2.75, 3.05) is 26.6 Å². The number of para-hydroxylation sites is 2. The number of phenols is 6. The molecule has 0 saturated heterocycles. The monoisotopic (exact) mass is 882 g/mol. The highest BCUT2D eigenvalue weighted by molar-refractivity contribution is 6.01. The van der Waals surface area contributed by atoms with Crippen LogP contribution in [0.1, 0.15) is 38.5 Å². The highest BCUT2D eigenvalue weighted by atomic mass is 16.5. The van der Waals surface area contributed by atoms with Crippen LogP contribution in [0.25, 0.3) is 0 Å². The molecule has 12 N–H and O–H groups in total. The van der Waals surface area contributed by atoms with E-state index in [-0.39, 0.29) is 57.4 Å². The molecule has 4 saturated carbocycles. The minimum atomic E-state index is -0.516. The Morgan fingerprint density at radius 1 is 0.431 bits per heavy atom. The van der Waals surface area contributed by atoms with Crippen LogP contribution in [-0.2, 0) is 0 Å². The number of benzene rings is 6. The van der Waals surface area contributed by atoms with Crippen LogP contribution in [0.4, 0.5) is 42.8 Å². The summed E-state index contributed by atoms with van der Waals surface area (Å²) >= 11 is 0. The molecular weight excluding hydrogens is 833 g/mol. The fraction of sp³-hybridized carbons (Fsp3) is 0.204. The quantitative estimate of drug-likeness (QED) is 0.0509. The second-order valence-corrected chi connectivity index (χ2v) is 16.3. The van der Waals surface area contributed by atoms with Crippen molar-refractivity contribution >= 4 is 46.5 Å². The van der Waals surface area contributed by atoms with Gasteiger partial charge in [-0.25, -0.2) is 14.4 Å². The third-order valence-electron chi connectivity index (χ3n) is 11.2. The van der Waals surface area contributed by atoms with Crippen molar-refractivity contribution in [2.24, 2.45) is 17.8 Å². The topological polar surface area (TPSA) is 254 Å². The SMILES string of the molecule is O=C(Nc1ccc(O)cc1O)NC12CC3CC(CC(C3)C1)C2.O=C(Nc1ccc(Oc2ccccc2)cc1)Nc1ccc(O)cc1O.O=C(Nc1ccccc1)Nc1ccc(O)cc1O. The van der Waals surface area contributed by atoms with E-state index in [1.807, 2.05) is 36.4 Å². The fourth-order valence-corrected chi connectivity index (χ4v) is 8.86. The van der Waals surface area contributed by atoms with Crippen LogP contribution in [0.15, 0.2) is 140 Å². The summed E-state index contributed by atoms with van der Waals surface area (Å²) in [4.78, 5) is 35.9. The first-order valence-electron chi connectivity index (χ1n) is 21.0. The lowest BCUT2D eigenvalue weighted by atomic mass is 9.53. The van der Waals surface area contributed by atoms with Gasteiger partial charge in [-0.3, -0.25) is 0 Å². The van der Waals surface area contributed by atoms with Crippen LogP contribution in [0.2, 0.25) is 0 Å². The van der Waals surface area contributed by atoms with Crippen LogP contribution < -0.4 is 36.6 Å². The molecule has 4 aliphatic rings. The molecule has 4 bridgehead atoms. The number of hydrogen-bond acceptors (Lipinski definition) is 10. The van der Waals surface area contributed by atoms with Crippen LogP contribution in [0.5, 0.6) is 46.0 Å². The molecule has 65 heavy (non-hydrogen) atoms. The number of phenolic OH excluding ortho intramolecular Hbond substituents is 6. The average Bonchev–Trinajstić information content (AvgIpc) is 3.25. The Kier molecular flexibility index (Phi) is 14.0. The van der Waals surface area contributed by atoms with Gasteiger partial charge in [0.15, 0.2) is 0 Å². The van der Waals surface area contributed by atoms with E-state index in [1.54, 1.807) is 48.5 Å². The number of anilines is 5. The van der Waals surface area contributed by atoms with E-state index < -0.39 is 12.1 Å². The van der Waals surface area contributed by atoms with Gasteiger partial charge >= 0.3 is 18.1 Å². The molecule has 0 atom stereocenters. The van der Waals surface area contributed by atoms with Gasteiger partial charge in [0.25, 0.3) is 0 Å². The molecular formula is C49H50N6O10. The molecule has 336 valence electrons. The van der Waals surface area contributed by atoms with E-state index in [0.717, 1.165) is 54.9 Å². The smallest absolute Gasteiger partial charge is 0.323 e. The van der Waals surface area contributed by atoms with Crippen molar-refractivity contribution in [3.8, 4) is 46.0 Å². The van der Waals surface area contributed by atoms with E-state index in [2.05, 4.69) is 31.9 Å². The number of nitrogens with one attached hydrogen (secondary N) is 6. The number of carbonyl (C=O) groups excluding carboxylic acids is 3. The maximum atomic E-state index is 12.3. The third kappa shape index (κ3) is 12.7. The lowest BCUT2D eigenvalue weighted by Crippen LogP contribution is -2.60. The van der Waals surface area contributed by atoms with Crippen LogP contribution >= 0.6 is 0 Å². The highest BCUT2D eigenvalue weighted by Crippen LogP contribution is 2.55. The van der Waals surface area contributed by atoms with Crippen LogP contribution in [0.3, 0.4) is 0 Å². The number of urea groups is 3. The summed E-state index contributed by atoms with van der Waals surface area (Å²) in [5, 5.41) is 72.7. The summed E-state index contributed by atoms with van der Waals surface area (Å²) in [6.45, 7) is 0. The molecule has 16 heteroatoms. The molecule has 6 aromatic rings. The van der Waals surface area contributed by atoms with Gasteiger partial charge in [-0.15, -0.1) is 0 Å². The molecule has 0 unspecified atom stereocenters. The Hall–Kier alpha value is -8.27. The van der Waals surface area contributed by atoms with E-state index in [1.165, 1.54) is 61.7 Å². The van der Waals surface area contributed by atoms with E-state index in [4.69, 9.17) is 9.84 Å². The van der Waals surface area contributed by atoms with Crippen molar-refractivity contribution < 1.29 is 49.8 Å². The summed E-state index contributed by atoms with van der Waals surface area (Å²) in [7, 11) is 0. The maximum Gasteiger partial charge on any atom is 0.323 e. The van der Waals surface area contributed by atoms with Gasteiger partial charge in [-0.2, -0.15) is 0 Å². The first-order valence-corrected chi connectivity index (χ1v) is 21.0. The third-order valence-corrected chi connectivity index (χ3v) is 11.2. The first kappa shape index (κ1) is 44.8. The minimum Gasteiger partial charge on any atom is -0.508 e. The lowest BCUT2D eigenvalue weighted by molar-refractivity contribution is -0.0127. The predicted octanol–water partition coefficient (Wildman–Crippen LogP) is 10.5. The van der Waals surface area contributed by atoms with Gasteiger partial charge in [0.1, 0.15) is 46.0 Å². The largest absolute Gasteiger partial charge is 0.508 e. The van der Waals surface area contributed by atoms with E-state index in [0.29, 0.717) is 22.8 Å². The molecule has 6 amide bonds. The summed E-state index contributed by atoms with van der Waals surface area (Å²) in [5.41, 5.74) is 1.90. The Balaban J connectivity index is 0.000000147. The summed E-state index contributed by atoms with van der Waals surface area (Å²) < 4.78 is 5.68. The van der Waals surface area contributed by atoms with E-state index in [9.17, 15) is 39.9 Å². The normalized spacial score (nSPS) is 18.6. The van der Waals surface area contributed by atoms with Crippen LogP contribution in [-0.4, -0.2) is 54.3 Å². The van der Waals surface area contributed by atoms with Gasteiger partial charge < -0.3 is 67.3 Å². The summed E-state index contributed by atoms with van der Waals surface area (Å²) in [6, 6.07) is 36.0. The van der Waals surface area contributed by atoms with Crippen molar-refractivity contribution in [2.45, 2.75) is 44.1 Å². The molecule has 0 aromatic heterocycles. The standard InChI is InChI=1S/C19H16N2O4.C17H22N2O3.C13H12N2O3/c22-14-8-11-17(18(23)12-14)21-19(24)20-13-6-9-16(10-7-13)25-15-4-2-1-3-5-15;20-13-1-2-14(15(21)6-13)18-16(22)19-17-7-10-3-11(8-17)5-12(4-10)9-17;16-10-6-7-11(12(17)8-10)15-13(18)14-9-4-2-1-3-5-9/h1-12,22-23H,(H2,20,21,24);1-2,6,10-12,20-21H,3-5,7-9H2,(H2,18,19,22);1-8,16-17H,(H2,14,15,18). The number of rotatable bonds is 8. The first-order chi connectivity index (χ1) is 31.3. The average molecular weight is 883 g/mol. The predicted molar refractivity (Wildman–Crippen MR) is 247 cm³/mol. The van der Waals surface area contributed by atoms with Crippen molar-refractivity contribution in [3.63, 3.8) is 0 Å². The van der Waals surface area contributed by atoms with Gasteiger partial charge in [0.05, 0.1) is 17.1 Å². The Bertz CT molecular complexity index is 2560. The second kappa shape index (κ2) is 20.3. The number of aromatic hydroxyl groups is 6. The summed E-state index contributed by atoms with van der Waals surface area (Å²) in [6.07, 6.45) is 7.28. The summed E-state index contributed by atoms with van der Waals surface area (Å²) in [5.74, 6) is 2.97. The maximum absolute atomic E-state index is 12.3.